The lowest BCUT2D eigenvalue weighted by Crippen LogP contribution is -2.31. The summed E-state index contributed by atoms with van der Waals surface area (Å²) in [6.07, 6.45) is 1.31. The molecule has 0 aromatic heterocycles. The van der Waals surface area contributed by atoms with Gasteiger partial charge in [-0.1, -0.05) is 19.9 Å². The molecule has 0 unspecified atom stereocenters. The van der Waals surface area contributed by atoms with Gasteiger partial charge in [0.15, 0.2) is 0 Å². The van der Waals surface area contributed by atoms with Crippen molar-refractivity contribution in [2.45, 2.75) is 31.6 Å². The van der Waals surface area contributed by atoms with Crippen molar-refractivity contribution in [2.24, 2.45) is 5.41 Å². The van der Waals surface area contributed by atoms with Crippen molar-refractivity contribution >= 4 is 15.8 Å². The molecule has 1 aromatic carbocycles. The third-order valence-corrected chi connectivity index (χ3v) is 4.55. The standard InChI is InChI=1S/C15H23NO5S/c1-15(2)8-12-6-11(4-5-21-10-20-3)7-13(22(17,18)19)14(12)16-9-15/h6-7,16H,4-5,8-10H2,1-3H3,(H,17,18,19). The van der Waals surface area contributed by atoms with Crippen LogP contribution in [0.5, 0.6) is 0 Å². The Morgan fingerprint density at radius 2 is 2.09 bits per heavy atom. The minimum atomic E-state index is -4.27. The highest BCUT2D eigenvalue weighted by Gasteiger charge is 2.29. The van der Waals surface area contributed by atoms with Gasteiger partial charge in [0, 0.05) is 13.7 Å². The molecule has 1 heterocycles. The Morgan fingerprint density at radius 3 is 2.73 bits per heavy atom. The number of anilines is 1. The van der Waals surface area contributed by atoms with Gasteiger partial charge < -0.3 is 14.8 Å². The fourth-order valence-corrected chi connectivity index (χ4v) is 3.42. The van der Waals surface area contributed by atoms with Gasteiger partial charge in [0.25, 0.3) is 10.1 Å². The third kappa shape index (κ3) is 4.19. The molecule has 2 rings (SSSR count). The van der Waals surface area contributed by atoms with Crippen molar-refractivity contribution in [2.75, 3.05) is 32.4 Å². The van der Waals surface area contributed by atoms with Crippen LogP contribution < -0.4 is 5.32 Å². The van der Waals surface area contributed by atoms with Gasteiger partial charge in [0.05, 0.1) is 12.3 Å². The van der Waals surface area contributed by atoms with Crippen LogP contribution in [0.15, 0.2) is 17.0 Å². The minimum Gasteiger partial charge on any atom is -0.383 e. The summed E-state index contributed by atoms with van der Waals surface area (Å²) in [6.45, 7) is 5.52. The predicted molar refractivity (Wildman–Crippen MR) is 83.8 cm³/mol. The summed E-state index contributed by atoms with van der Waals surface area (Å²) in [5.41, 5.74) is 2.28. The summed E-state index contributed by atoms with van der Waals surface area (Å²) in [5, 5.41) is 3.14. The first kappa shape index (κ1) is 17.2. The molecule has 0 aliphatic carbocycles. The zero-order chi connectivity index (χ0) is 16.4. The molecular weight excluding hydrogens is 306 g/mol. The highest BCUT2D eigenvalue weighted by molar-refractivity contribution is 7.86. The van der Waals surface area contributed by atoms with E-state index in [9.17, 15) is 13.0 Å². The number of hydrogen-bond donors (Lipinski definition) is 2. The van der Waals surface area contributed by atoms with Crippen molar-refractivity contribution in [3.05, 3.63) is 23.3 Å². The lowest BCUT2D eigenvalue weighted by Gasteiger charge is -2.33. The maximum absolute atomic E-state index is 11.7. The van der Waals surface area contributed by atoms with Crippen LogP contribution in [0.3, 0.4) is 0 Å². The van der Waals surface area contributed by atoms with Gasteiger partial charge in [-0.15, -0.1) is 0 Å². The third-order valence-electron chi connectivity index (χ3n) is 3.67. The molecule has 22 heavy (non-hydrogen) atoms. The second-order valence-corrected chi connectivity index (χ2v) is 7.75. The van der Waals surface area contributed by atoms with Gasteiger partial charge >= 0.3 is 0 Å². The summed E-state index contributed by atoms with van der Waals surface area (Å²) < 4.78 is 42.9. The number of nitrogens with one attached hydrogen (secondary N) is 1. The van der Waals surface area contributed by atoms with Crippen molar-refractivity contribution in [1.82, 2.24) is 0 Å². The normalized spacial score (nSPS) is 16.9. The summed E-state index contributed by atoms with van der Waals surface area (Å²) in [5.74, 6) is 0. The van der Waals surface area contributed by atoms with Crippen LogP contribution in [0.2, 0.25) is 0 Å². The molecule has 0 fully saturated rings. The fraction of sp³-hybridized carbons (Fsp3) is 0.600. The van der Waals surface area contributed by atoms with Gasteiger partial charge in [-0.25, -0.2) is 0 Å². The molecule has 1 aliphatic rings. The van der Waals surface area contributed by atoms with E-state index in [4.69, 9.17) is 9.47 Å². The Labute approximate surface area is 131 Å². The van der Waals surface area contributed by atoms with Crippen molar-refractivity contribution in [3.63, 3.8) is 0 Å². The number of benzene rings is 1. The molecule has 1 aromatic rings. The molecule has 0 bridgehead atoms. The molecule has 0 radical (unpaired) electrons. The average Bonchev–Trinajstić information content (AvgIpc) is 2.40. The second kappa shape index (κ2) is 6.54. The summed E-state index contributed by atoms with van der Waals surface area (Å²) in [7, 11) is -2.72. The van der Waals surface area contributed by atoms with Crippen molar-refractivity contribution < 1.29 is 22.4 Å². The first-order valence-corrected chi connectivity index (χ1v) is 8.61. The van der Waals surface area contributed by atoms with E-state index in [0.717, 1.165) is 17.5 Å². The number of rotatable bonds is 6. The van der Waals surface area contributed by atoms with Gasteiger partial charge in [0.1, 0.15) is 11.7 Å². The molecule has 124 valence electrons. The van der Waals surface area contributed by atoms with E-state index in [0.29, 0.717) is 25.3 Å². The molecule has 1 aliphatic heterocycles. The highest BCUT2D eigenvalue weighted by atomic mass is 32.2. The SMILES string of the molecule is COCOCCc1cc2c(c(S(=O)(=O)O)c1)NCC(C)(C)C2. The van der Waals surface area contributed by atoms with E-state index >= 15 is 0 Å². The molecule has 0 amide bonds. The lowest BCUT2D eigenvalue weighted by atomic mass is 9.81. The van der Waals surface area contributed by atoms with E-state index in [2.05, 4.69) is 19.2 Å². The number of hydrogen-bond acceptors (Lipinski definition) is 5. The first-order chi connectivity index (χ1) is 10.2. The Morgan fingerprint density at radius 1 is 1.36 bits per heavy atom. The number of fused-ring (bicyclic) bond motifs is 1. The molecule has 7 heteroatoms. The van der Waals surface area contributed by atoms with E-state index in [1.54, 1.807) is 7.11 Å². The van der Waals surface area contributed by atoms with Gasteiger partial charge in [-0.05, 0) is 35.4 Å². The van der Waals surface area contributed by atoms with E-state index in [1.807, 2.05) is 6.07 Å². The molecule has 0 saturated carbocycles. The zero-order valence-electron chi connectivity index (χ0n) is 13.2. The lowest BCUT2D eigenvalue weighted by molar-refractivity contribution is -0.0291. The average molecular weight is 329 g/mol. The molecule has 0 atom stereocenters. The predicted octanol–water partition coefficient (Wildman–Crippen LogP) is 2.09. The Kier molecular flexibility index (Phi) is 5.11. The Bertz CT molecular complexity index is 640. The molecular formula is C15H23NO5S. The van der Waals surface area contributed by atoms with E-state index < -0.39 is 10.1 Å². The largest absolute Gasteiger partial charge is 0.383 e. The number of ether oxygens (including phenoxy) is 2. The van der Waals surface area contributed by atoms with Gasteiger partial charge in [0.2, 0.25) is 0 Å². The van der Waals surface area contributed by atoms with Crippen molar-refractivity contribution in [3.8, 4) is 0 Å². The first-order valence-electron chi connectivity index (χ1n) is 7.17. The molecule has 0 spiro atoms. The smallest absolute Gasteiger partial charge is 0.296 e. The number of methoxy groups -OCH3 is 1. The quantitative estimate of drug-likeness (QED) is 0.472. The van der Waals surface area contributed by atoms with Crippen LogP contribution in [-0.4, -0.2) is 40.0 Å². The second-order valence-electron chi connectivity index (χ2n) is 6.36. The maximum Gasteiger partial charge on any atom is 0.296 e. The van der Waals surface area contributed by atoms with Crippen LogP contribution in [0.4, 0.5) is 5.69 Å². The van der Waals surface area contributed by atoms with Crippen LogP contribution in [0.25, 0.3) is 0 Å². The van der Waals surface area contributed by atoms with E-state index in [-0.39, 0.29) is 17.1 Å². The van der Waals surface area contributed by atoms with Crippen LogP contribution in [0.1, 0.15) is 25.0 Å². The molecule has 2 N–H and O–H groups in total. The van der Waals surface area contributed by atoms with Crippen molar-refractivity contribution in [1.29, 1.82) is 0 Å². The summed E-state index contributed by atoms with van der Waals surface area (Å²) in [4.78, 5) is -0.0535. The minimum absolute atomic E-state index is 0.0364. The van der Waals surface area contributed by atoms with Gasteiger partial charge in [-0.3, -0.25) is 4.55 Å². The van der Waals surface area contributed by atoms with Crippen LogP contribution in [0, 0.1) is 5.41 Å². The monoisotopic (exact) mass is 329 g/mol. The molecule has 6 nitrogen and oxygen atoms in total. The molecule has 0 saturated heterocycles. The van der Waals surface area contributed by atoms with Crippen LogP contribution >= 0.6 is 0 Å². The highest BCUT2D eigenvalue weighted by Crippen LogP contribution is 2.37. The topological polar surface area (TPSA) is 84.9 Å². The van der Waals surface area contributed by atoms with Crippen LogP contribution in [-0.2, 0) is 32.4 Å². The van der Waals surface area contributed by atoms with Gasteiger partial charge in [-0.2, -0.15) is 8.42 Å². The van der Waals surface area contributed by atoms with E-state index in [1.165, 1.54) is 6.07 Å². The summed E-state index contributed by atoms with van der Waals surface area (Å²) >= 11 is 0. The Hall–Kier alpha value is -1.15. The zero-order valence-corrected chi connectivity index (χ0v) is 14.0. The maximum atomic E-state index is 11.7. The summed E-state index contributed by atoms with van der Waals surface area (Å²) in [6, 6.07) is 3.49. The Balaban J connectivity index is 2.33. The fourth-order valence-electron chi connectivity index (χ4n) is 2.66.